The van der Waals surface area contributed by atoms with Gasteiger partial charge in [0, 0.05) is 12.1 Å². The van der Waals surface area contributed by atoms with Gasteiger partial charge in [0.05, 0.1) is 10.6 Å². The van der Waals surface area contributed by atoms with Gasteiger partial charge in [-0.05, 0) is 19.5 Å². The van der Waals surface area contributed by atoms with Crippen molar-refractivity contribution in [1.82, 2.24) is 5.32 Å². The minimum Gasteiger partial charge on any atom is -0.384 e. The maximum absolute atomic E-state index is 11.8. The van der Waals surface area contributed by atoms with Crippen molar-refractivity contribution in [3.05, 3.63) is 29.8 Å². The molecule has 0 saturated heterocycles. The van der Waals surface area contributed by atoms with Crippen LogP contribution in [0.15, 0.2) is 29.2 Å². The zero-order valence-corrected chi connectivity index (χ0v) is 9.92. The molecule has 5 heteroatoms. The Bertz CT molecular complexity index is 498. The van der Waals surface area contributed by atoms with Gasteiger partial charge < -0.3 is 10.4 Å². The summed E-state index contributed by atoms with van der Waals surface area (Å²) in [5.41, 5.74) is -0.563. The number of likely N-dealkylation sites (N-methyl/N-ethyl adjacent to an activating group) is 1. The molecule has 88 valence electrons. The molecule has 1 aromatic rings. The molecule has 0 radical (unpaired) electrons. The van der Waals surface area contributed by atoms with E-state index < -0.39 is 15.4 Å². The van der Waals surface area contributed by atoms with Crippen molar-refractivity contribution >= 4 is 9.84 Å². The summed E-state index contributed by atoms with van der Waals surface area (Å²) in [4.78, 5) is 0.263. The minimum atomic E-state index is -3.22. The van der Waals surface area contributed by atoms with Gasteiger partial charge in [-0.1, -0.05) is 18.2 Å². The summed E-state index contributed by atoms with van der Waals surface area (Å²) in [6, 6.07) is 6.68. The first-order valence-corrected chi connectivity index (χ1v) is 6.84. The lowest BCUT2D eigenvalue weighted by molar-refractivity contribution is 0.0303. The van der Waals surface area contributed by atoms with Crippen molar-refractivity contribution < 1.29 is 13.5 Å². The fourth-order valence-electron chi connectivity index (χ4n) is 2.15. The number of hydrogen-bond acceptors (Lipinski definition) is 4. The van der Waals surface area contributed by atoms with Gasteiger partial charge in [-0.2, -0.15) is 0 Å². The highest BCUT2D eigenvalue weighted by molar-refractivity contribution is 7.91. The molecule has 0 bridgehead atoms. The van der Waals surface area contributed by atoms with Gasteiger partial charge in [-0.3, -0.25) is 0 Å². The molecule has 2 rings (SSSR count). The fraction of sp³-hybridized carbons (Fsp3) is 0.455. The van der Waals surface area contributed by atoms with Crippen LogP contribution in [-0.2, 0) is 15.4 Å². The van der Waals surface area contributed by atoms with Crippen molar-refractivity contribution in [3.63, 3.8) is 0 Å². The Morgan fingerprint density at radius 3 is 2.81 bits per heavy atom. The van der Waals surface area contributed by atoms with E-state index in [0.29, 0.717) is 12.1 Å². The molecule has 1 aromatic carbocycles. The Balaban J connectivity index is 2.60. The summed E-state index contributed by atoms with van der Waals surface area (Å²) >= 11 is 0. The lowest BCUT2D eigenvalue weighted by Crippen LogP contribution is -2.42. The molecule has 16 heavy (non-hydrogen) atoms. The van der Waals surface area contributed by atoms with Crippen molar-refractivity contribution in [2.75, 3.05) is 19.3 Å². The van der Waals surface area contributed by atoms with Gasteiger partial charge in [-0.15, -0.1) is 0 Å². The SMILES string of the molecule is CNCC1(O)CCS(=O)(=O)c2ccccc21. The highest BCUT2D eigenvalue weighted by Crippen LogP contribution is 2.36. The van der Waals surface area contributed by atoms with E-state index in [9.17, 15) is 13.5 Å². The van der Waals surface area contributed by atoms with E-state index in [1.54, 1.807) is 31.3 Å². The van der Waals surface area contributed by atoms with Crippen LogP contribution in [0, 0.1) is 0 Å². The summed E-state index contributed by atoms with van der Waals surface area (Å²) in [6.45, 7) is 0.361. The molecule has 1 aliphatic rings. The Morgan fingerprint density at radius 1 is 1.44 bits per heavy atom. The summed E-state index contributed by atoms with van der Waals surface area (Å²) < 4.78 is 23.7. The summed E-state index contributed by atoms with van der Waals surface area (Å²) in [7, 11) is -1.48. The van der Waals surface area contributed by atoms with Crippen LogP contribution in [0.5, 0.6) is 0 Å². The fourth-order valence-corrected chi connectivity index (χ4v) is 3.85. The molecule has 0 aliphatic carbocycles. The average molecular weight is 241 g/mol. The zero-order chi connectivity index (χ0) is 11.8. The third kappa shape index (κ3) is 1.75. The standard InChI is InChI=1S/C11H15NO3S/c1-12-8-11(13)6-7-16(14,15)10-5-3-2-4-9(10)11/h2-5,12-13H,6-8H2,1H3. The Kier molecular flexibility index (Phi) is 2.77. The summed E-state index contributed by atoms with van der Waals surface area (Å²) in [5.74, 6) is 0.00218. The van der Waals surface area contributed by atoms with Crippen molar-refractivity contribution in [3.8, 4) is 0 Å². The molecule has 1 aliphatic heterocycles. The molecule has 1 atom stereocenters. The first-order chi connectivity index (χ1) is 7.49. The van der Waals surface area contributed by atoms with Crippen LogP contribution in [0.2, 0.25) is 0 Å². The Morgan fingerprint density at radius 2 is 2.12 bits per heavy atom. The topological polar surface area (TPSA) is 66.4 Å². The van der Waals surface area contributed by atoms with E-state index in [4.69, 9.17) is 0 Å². The lowest BCUT2D eigenvalue weighted by Gasteiger charge is -2.33. The number of hydrogen-bond donors (Lipinski definition) is 2. The van der Waals surface area contributed by atoms with Crippen LogP contribution in [-0.4, -0.2) is 32.9 Å². The quantitative estimate of drug-likeness (QED) is 0.780. The third-order valence-corrected chi connectivity index (χ3v) is 4.74. The molecular weight excluding hydrogens is 226 g/mol. The Hall–Kier alpha value is -0.910. The normalized spacial score (nSPS) is 27.4. The van der Waals surface area contributed by atoms with Crippen LogP contribution in [0.4, 0.5) is 0 Å². The molecule has 0 fully saturated rings. The number of benzene rings is 1. The summed E-state index contributed by atoms with van der Waals surface area (Å²) in [6.07, 6.45) is 0.243. The van der Waals surface area contributed by atoms with Crippen LogP contribution in [0.3, 0.4) is 0 Å². The minimum absolute atomic E-state index is 0.00218. The Labute approximate surface area is 95.2 Å². The third-order valence-electron chi connectivity index (χ3n) is 2.98. The maximum atomic E-state index is 11.8. The molecule has 0 saturated carbocycles. The second-order valence-corrected chi connectivity index (χ2v) is 6.20. The van der Waals surface area contributed by atoms with Crippen LogP contribution < -0.4 is 5.32 Å². The van der Waals surface area contributed by atoms with Crippen LogP contribution in [0.25, 0.3) is 0 Å². The van der Waals surface area contributed by atoms with Crippen molar-refractivity contribution in [1.29, 1.82) is 0 Å². The summed E-state index contributed by atoms with van der Waals surface area (Å²) in [5, 5.41) is 13.3. The van der Waals surface area contributed by atoms with E-state index in [-0.39, 0.29) is 17.1 Å². The molecule has 0 aromatic heterocycles. The highest BCUT2D eigenvalue weighted by Gasteiger charge is 2.39. The second-order valence-electron chi connectivity index (χ2n) is 4.13. The van der Waals surface area contributed by atoms with E-state index in [0.717, 1.165) is 0 Å². The molecule has 0 spiro atoms. The molecule has 0 amide bonds. The van der Waals surface area contributed by atoms with Gasteiger partial charge in [0.1, 0.15) is 5.60 Å². The first kappa shape index (κ1) is 11.6. The van der Waals surface area contributed by atoms with Gasteiger partial charge in [0.15, 0.2) is 9.84 Å². The van der Waals surface area contributed by atoms with E-state index in [1.807, 2.05) is 0 Å². The number of nitrogens with one attached hydrogen (secondary N) is 1. The number of rotatable bonds is 2. The first-order valence-electron chi connectivity index (χ1n) is 5.19. The number of fused-ring (bicyclic) bond motifs is 1. The van der Waals surface area contributed by atoms with Crippen LogP contribution >= 0.6 is 0 Å². The largest absolute Gasteiger partial charge is 0.384 e. The second kappa shape index (κ2) is 3.84. The van der Waals surface area contributed by atoms with E-state index in [1.165, 1.54) is 0 Å². The van der Waals surface area contributed by atoms with Crippen molar-refractivity contribution in [2.24, 2.45) is 0 Å². The predicted molar refractivity (Wildman–Crippen MR) is 60.9 cm³/mol. The highest BCUT2D eigenvalue weighted by atomic mass is 32.2. The smallest absolute Gasteiger partial charge is 0.178 e. The van der Waals surface area contributed by atoms with Crippen LogP contribution in [0.1, 0.15) is 12.0 Å². The number of aliphatic hydroxyl groups is 1. The molecule has 1 unspecified atom stereocenters. The molecular formula is C11H15NO3S. The number of sulfone groups is 1. The van der Waals surface area contributed by atoms with Crippen molar-refractivity contribution in [2.45, 2.75) is 16.9 Å². The van der Waals surface area contributed by atoms with E-state index >= 15 is 0 Å². The maximum Gasteiger partial charge on any atom is 0.178 e. The lowest BCUT2D eigenvalue weighted by atomic mass is 9.90. The monoisotopic (exact) mass is 241 g/mol. The zero-order valence-electron chi connectivity index (χ0n) is 9.10. The van der Waals surface area contributed by atoms with Gasteiger partial charge in [-0.25, -0.2) is 8.42 Å². The molecule has 2 N–H and O–H groups in total. The van der Waals surface area contributed by atoms with E-state index in [2.05, 4.69) is 5.32 Å². The van der Waals surface area contributed by atoms with Gasteiger partial charge in [0.2, 0.25) is 0 Å². The predicted octanol–water partition coefficient (Wildman–Crippen LogP) is 0.271. The van der Waals surface area contributed by atoms with Gasteiger partial charge >= 0.3 is 0 Å². The van der Waals surface area contributed by atoms with Gasteiger partial charge in [0.25, 0.3) is 0 Å². The molecule has 4 nitrogen and oxygen atoms in total. The molecule has 1 heterocycles. The average Bonchev–Trinajstić information content (AvgIpc) is 2.26.